The third kappa shape index (κ3) is 3.38. The largest absolute Gasteiger partial charge is 0.361 e. The Kier molecular flexibility index (Phi) is 4.40. The lowest BCUT2D eigenvalue weighted by molar-refractivity contribution is -0.384. The highest BCUT2D eigenvalue weighted by molar-refractivity contribution is 5.97. The topological polar surface area (TPSA) is 96.5 Å². The Morgan fingerprint density at radius 2 is 2.20 bits per heavy atom. The van der Waals surface area contributed by atoms with Crippen molar-refractivity contribution < 1.29 is 14.5 Å². The van der Waals surface area contributed by atoms with Gasteiger partial charge < -0.3 is 4.74 Å². The number of nitrogens with zero attached hydrogens (tertiary/aromatic N) is 3. The number of morpholine rings is 1. The molecule has 7 heteroatoms. The smallest absolute Gasteiger partial charge is 0.269 e. The van der Waals surface area contributed by atoms with Crippen molar-refractivity contribution in [2.45, 2.75) is 6.10 Å². The lowest BCUT2D eigenvalue weighted by Gasteiger charge is -2.28. The van der Waals surface area contributed by atoms with Gasteiger partial charge in [0.2, 0.25) is 0 Å². The molecule has 7 nitrogen and oxygen atoms in total. The third-order valence-corrected chi connectivity index (χ3v) is 3.06. The minimum atomic E-state index is -0.506. The quantitative estimate of drug-likeness (QED) is 0.462. The number of nitro groups is 1. The van der Waals surface area contributed by atoms with Crippen molar-refractivity contribution in [1.29, 1.82) is 5.26 Å². The second-order valence-electron chi connectivity index (χ2n) is 4.45. The first-order valence-corrected chi connectivity index (χ1v) is 6.11. The number of ether oxygens (including phenoxy) is 1. The van der Waals surface area contributed by atoms with Gasteiger partial charge in [-0.15, -0.1) is 0 Å². The van der Waals surface area contributed by atoms with Crippen LogP contribution in [0.15, 0.2) is 24.3 Å². The van der Waals surface area contributed by atoms with Crippen LogP contribution in [-0.4, -0.2) is 48.0 Å². The van der Waals surface area contributed by atoms with Crippen LogP contribution < -0.4 is 0 Å². The molecule has 1 unspecified atom stereocenters. The molecule has 1 heterocycles. The van der Waals surface area contributed by atoms with E-state index in [1.165, 1.54) is 24.3 Å². The van der Waals surface area contributed by atoms with E-state index in [0.717, 1.165) is 0 Å². The van der Waals surface area contributed by atoms with Crippen molar-refractivity contribution in [2.24, 2.45) is 0 Å². The number of carbonyl (C=O) groups excluding carboxylic acids is 1. The Labute approximate surface area is 115 Å². The highest BCUT2D eigenvalue weighted by Gasteiger charge is 2.22. The standard InChI is InChI=1S/C13H13N3O4/c14-7-12-8-15(5-6-20-12)9-13(17)10-1-3-11(4-2-10)16(18)19/h1-4,12H,5-6,8-9H2. The van der Waals surface area contributed by atoms with Crippen LogP contribution in [-0.2, 0) is 4.74 Å². The number of rotatable bonds is 4. The van der Waals surface area contributed by atoms with Gasteiger partial charge in [-0.1, -0.05) is 0 Å². The molecular weight excluding hydrogens is 262 g/mol. The van der Waals surface area contributed by atoms with E-state index in [4.69, 9.17) is 10.00 Å². The van der Waals surface area contributed by atoms with E-state index in [0.29, 0.717) is 25.3 Å². The van der Waals surface area contributed by atoms with Crippen LogP contribution >= 0.6 is 0 Å². The maximum atomic E-state index is 12.1. The van der Waals surface area contributed by atoms with Crippen LogP contribution in [0.5, 0.6) is 0 Å². The van der Waals surface area contributed by atoms with Gasteiger partial charge in [0.05, 0.1) is 24.1 Å². The van der Waals surface area contributed by atoms with Crippen molar-refractivity contribution in [3.05, 3.63) is 39.9 Å². The molecule has 0 bridgehead atoms. The zero-order valence-electron chi connectivity index (χ0n) is 10.7. The molecule has 1 saturated heterocycles. The lowest BCUT2D eigenvalue weighted by atomic mass is 10.1. The van der Waals surface area contributed by atoms with E-state index in [-0.39, 0.29) is 18.0 Å². The van der Waals surface area contributed by atoms with Crippen LogP contribution in [0.1, 0.15) is 10.4 Å². The number of nitro benzene ring substituents is 1. The molecule has 0 radical (unpaired) electrons. The summed E-state index contributed by atoms with van der Waals surface area (Å²) in [5, 5.41) is 19.3. The zero-order valence-corrected chi connectivity index (χ0v) is 10.7. The van der Waals surface area contributed by atoms with Crippen molar-refractivity contribution in [1.82, 2.24) is 4.90 Å². The molecule has 2 rings (SSSR count). The molecule has 1 atom stereocenters. The van der Waals surface area contributed by atoms with Crippen molar-refractivity contribution in [3.8, 4) is 6.07 Å². The summed E-state index contributed by atoms with van der Waals surface area (Å²) in [5.74, 6) is -0.126. The third-order valence-electron chi connectivity index (χ3n) is 3.06. The first-order valence-electron chi connectivity index (χ1n) is 6.11. The number of hydrogen-bond acceptors (Lipinski definition) is 6. The molecule has 1 aliphatic heterocycles. The second-order valence-corrected chi connectivity index (χ2v) is 4.45. The van der Waals surface area contributed by atoms with Gasteiger partial charge in [0.1, 0.15) is 0 Å². The molecule has 1 aromatic carbocycles. The normalized spacial score (nSPS) is 19.2. The van der Waals surface area contributed by atoms with E-state index in [1.807, 2.05) is 11.0 Å². The maximum absolute atomic E-state index is 12.1. The van der Waals surface area contributed by atoms with Crippen LogP contribution in [0.3, 0.4) is 0 Å². The predicted molar refractivity (Wildman–Crippen MR) is 69.2 cm³/mol. The van der Waals surface area contributed by atoms with Crippen LogP contribution in [0.2, 0.25) is 0 Å². The molecule has 1 aliphatic rings. The molecule has 1 fully saturated rings. The Bertz CT molecular complexity index is 550. The average molecular weight is 275 g/mol. The van der Waals surface area contributed by atoms with E-state index < -0.39 is 11.0 Å². The van der Waals surface area contributed by atoms with Gasteiger partial charge >= 0.3 is 0 Å². The summed E-state index contributed by atoms with van der Waals surface area (Å²) >= 11 is 0. The number of Topliss-reactive ketones (excluding diaryl/α,β-unsaturated/α-hetero) is 1. The number of ketones is 1. The highest BCUT2D eigenvalue weighted by atomic mass is 16.6. The van der Waals surface area contributed by atoms with Crippen LogP contribution in [0.25, 0.3) is 0 Å². The van der Waals surface area contributed by atoms with Gasteiger partial charge in [-0.05, 0) is 12.1 Å². The fourth-order valence-electron chi connectivity index (χ4n) is 1.99. The van der Waals surface area contributed by atoms with Crippen molar-refractivity contribution >= 4 is 11.5 Å². The number of carbonyl (C=O) groups is 1. The highest BCUT2D eigenvalue weighted by Crippen LogP contribution is 2.13. The van der Waals surface area contributed by atoms with E-state index in [2.05, 4.69) is 0 Å². The Morgan fingerprint density at radius 1 is 1.50 bits per heavy atom. The second kappa shape index (κ2) is 6.23. The van der Waals surface area contributed by atoms with Crippen molar-refractivity contribution in [3.63, 3.8) is 0 Å². The minimum absolute atomic E-state index is 0.0440. The predicted octanol–water partition coefficient (Wildman–Crippen LogP) is 1.00. The lowest BCUT2D eigenvalue weighted by Crippen LogP contribution is -2.44. The summed E-state index contributed by atoms with van der Waals surface area (Å²) in [6.45, 7) is 1.59. The van der Waals surface area contributed by atoms with Gasteiger partial charge in [0.15, 0.2) is 11.9 Å². The van der Waals surface area contributed by atoms with E-state index >= 15 is 0 Å². The summed E-state index contributed by atoms with van der Waals surface area (Å²) in [4.78, 5) is 23.9. The first-order chi connectivity index (χ1) is 9.60. The van der Waals surface area contributed by atoms with Gasteiger partial charge in [0, 0.05) is 30.8 Å². The minimum Gasteiger partial charge on any atom is -0.361 e. The number of non-ortho nitro benzene ring substituents is 1. The number of hydrogen-bond donors (Lipinski definition) is 0. The molecule has 1 aromatic rings. The average Bonchev–Trinajstić information content (AvgIpc) is 2.47. The summed E-state index contributed by atoms with van der Waals surface area (Å²) in [6.07, 6.45) is -0.506. The molecule has 0 saturated carbocycles. The summed E-state index contributed by atoms with van der Waals surface area (Å²) in [6, 6.07) is 7.53. The Balaban J connectivity index is 1.97. The van der Waals surface area contributed by atoms with Crippen molar-refractivity contribution in [2.75, 3.05) is 26.2 Å². The van der Waals surface area contributed by atoms with Gasteiger partial charge in [-0.2, -0.15) is 5.26 Å². The first kappa shape index (κ1) is 14.1. The zero-order chi connectivity index (χ0) is 14.5. The fraction of sp³-hybridized carbons (Fsp3) is 0.385. The molecule has 0 amide bonds. The molecule has 0 aromatic heterocycles. The van der Waals surface area contributed by atoms with Crippen LogP contribution in [0.4, 0.5) is 5.69 Å². The Hall–Kier alpha value is -2.30. The molecule has 0 aliphatic carbocycles. The summed E-state index contributed by atoms with van der Waals surface area (Å²) < 4.78 is 5.20. The van der Waals surface area contributed by atoms with Gasteiger partial charge in [-0.3, -0.25) is 19.8 Å². The fourth-order valence-corrected chi connectivity index (χ4v) is 1.99. The molecular formula is C13H13N3O4. The Morgan fingerprint density at radius 3 is 2.80 bits per heavy atom. The summed E-state index contributed by atoms with van der Waals surface area (Å²) in [7, 11) is 0. The SMILES string of the molecule is N#CC1CN(CC(=O)c2ccc([N+](=O)[O-])cc2)CCO1. The van der Waals surface area contributed by atoms with Crippen LogP contribution in [0, 0.1) is 21.4 Å². The van der Waals surface area contributed by atoms with E-state index in [9.17, 15) is 14.9 Å². The van der Waals surface area contributed by atoms with E-state index in [1.54, 1.807) is 0 Å². The summed E-state index contributed by atoms with van der Waals surface area (Å²) in [5.41, 5.74) is 0.382. The van der Waals surface area contributed by atoms with Gasteiger partial charge in [-0.25, -0.2) is 0 Å². The monoisotopic (exact) mass is 275 g/mol. The molecule has 0 N–H and O–H groups in total. The molecule has 20 heavy (non-hydrogen) atoms. The maximum Gasteiger partial charge on any atom is 0.269 e. The van der Waals surface area contributed by atoms with Gasteiger partial charge in [0.25, 0.3) is 5.69 Å². The number of nitriles is 1. The number of benzene rings is 1. The molecule has 0 spiro atoms. The molecule has 104 valence electrons.